The summed E-state index contributed by atoms with van der Waals surface area (Å²) in [6.07, 6.45) is 5.33. The van der Waals surface area contributed by atoms with Gasteiger partial charge >= 0.3 is 0 Å². The molecule has 0 atom stereocenters. The van der Waals surface area contributed by atoms with E-state index >= 15 is 0 Å². The quantitative estimate of drug-likeness (QED) is 0.386. The van der Waals surface area contributed by atoms with Gasteiger partial charge in [-0.05, 0) is 61.3 Å². The predicted octanol–water partition coefficient (Wildman–Crippen LogP) is 6.43. The molecule has 0 bridgehead atoms. The molecule has 0 saturated carbocycles. The van der Waals surface area contributed by atoms with Gasteiger partial charge in [-0.1, -0.05) is 48.5 Å². The van der Waals surface area contributed by atoms with E-state index in [0.717, 1.165) is 29.7 Å². The summed E-state index contributed by atoms with van der Waals surface area (Å²) >= 11 is 1.72. The zero-order chi connectivity index (χ0) is 20.5. The molecule has 3 heterocycles. The van der Waals surface area contributed by atoms with Crippen molar-refractivity contribution < 1.29 is 0 Å². The van der Waals surface area contributed by atoms with Crippen molar-refractivity contribution in [2.75, 3.05) is 18.0 Å². The first-order valence-electron chi connectivity index (χ1n) is 10.8. The van der Waals surface area contributed by atoms with E-state index in [9.17, 15) is 0 Å². The Kier molecular flexibility index (Phi) is 5.26. The molecule has 0 spiro atoms. The summed E-state index contributed by atoms with van der Waals surface area (Å²) in [5.41, 5.74) is 6.64. The molecule has 4 heteroatoms. The Hall–Kier alpha value is -2.72. The molecule has 1 aliphatic rings. The van der Waals surface area contributed by atoms with Gasteiger partial charge in [0, 0.05) is 24.0 Å². The Bertz CT molecular complexity index is 1160. The van der Waals surface area contributed by atoms with Crippen molar-refractivity contribution in [3.8, 4) is 11.1 Å². The summed E-state index contributed by atoms with van der Waals surface area (Å²) in [6, 6.07) is 17.6. The maximum atomic E-state index is 4.76. The van der Waals surface area contributed by atoms with Crippen LogP contribution in [0.3, 0.4) is 0 Å². The molecule has 1 fully saturated rings. The third-order valence-electron chi connectivity index (χ3n) is 6.45. The Morgan fingerprint density at radius 3 is 2.53 bits per heavy atom. The van der Waals surface area contributed by atoms with Crippen LogP contribution in [0, 0.1) is 19.8 Å². The number of aromatic nitrogens is 2. The minimum atomic E-state index is 0.752. The van der Waals surface area contributed by atoms with Crippen molar-refractivity contribution >= 4 is 27.4 Å². The molecule has 0 N–H and O–H groups in total. The second-order valence-electron chi connectivity index (χ2n) is 8.45. The largest absolute Gasteiger partial charge is 0.356 e. The topological polar surface area (TPSA) is 29.0 Å². The van der Waals surface area contributed by atoms with Gasteiger partial charge < -0.3 is 4.90 Å². The van der Waals surface area contributed by atoms with Gasteiger partial charge in [0.25, 0.3) is 0 Å². The lowest BCUT2D eigenvalue weighted by atomic mass is 9.90. The van der Waals surface area contributed by atoms with Crippen LogP contribution in [-0.4, -0.2) is 23.1 Å². The van der Waals surface area contributed by atoms with Crippen molar-refractivity contribution in [1.29, 1.82) is 0 Å². The molecule has 1 saturated heterocycles. The number of aryl methyl sites for hydroxylation is 2. The summed E-state index contributed by atoms with van der Waals surface area (Å²) in [4.78, 5) is 12.9. The number of hydrogen-bond donors (Lipinski definition) is 0. The van der Waals surface area contributed by atoms with Gasteiger partial charge in [-0.3, -0.25) is 0 Å². The fraction of sp³-hybridized carbons (Fsp3) is 0.308. The van der Waals surface area contributed by atoms with Gasteiger partial charge in [-0.15, -0.1) is 11.3 Å². The van der Waals surface area contributed by atoms with E-state index in [2.05, 4.69) is 77.6 Å². The average Bonchev–Trinajstić information content (AvgIpc) is 3.21. The monoisotopic (exact) mass is 413 g/mol. The Morgan fingerprint density at radius 1 is 0.967 bits per heavy atom. The first kappa shape index (κ1) is 19.3. The van der Waals surface area contributed by atoms with E-state index in [1.54, 1.807) is 17.7 Å². The smallest absolute Gasteiger partial charge is 0.141 e. The van der Waals surface area contributed by atoms with Crippen molar-refractivity contribution in [3.63, 3.8) is 0 Å². The minimum Gasteiger partial charge on any atom is -0.356 e. The van der Waals surface area contributed by atoms with Gasteiger partial charge in [0.1, 0.15) is 17.0 Å². The standard InChI is InChI=1S/C26H27N3S/c1-18-8-9-22(14-19(18)2)23-16-30-26-24(23)25(27-17-28-26)29-12-10-21(11-13-29)15-20-6-4-3-5-7-20/h3-9,14,16-17,21H,10-13,15H2,1-2H3. The van der Waals surface area contributed by atoms with Crippen LogP contribution < -0.4 is 4.90 Å². The highest BCUT2D eigenvalue weighted by molar-refractivity contribution is 7.17. The molecule has 5 rings (SSSR count). The van der Waals surface area contributed by atoms with E-state index in [4.69, 9.17) is 4.98 Å². The van der Waals surface area contributed by atoms with Gasteiger partial charge in [-0.2, -0.15) is 0 Å². The van der Waals surface area contributed by atoms with Crippen molar-refractivity contribution in [2.45, 2.75) is 33.1 Å². The van der Waals surface area contributed by atoms with E-state index in [1.807, 2.05) is 0 Å². The molecule has 0 radical (unpaired) electrons. The molecule has 1 aliphatic heterocycles. The lowest BCUT2D eigenvalue weighted by Gasteiger charge is -2.33. The number of hydrogen-bond acceptors (Lipinski definition) is 4. The lowest BCUT2D eigenvalue weighted by Crippen LogP contribution is -2.35. The summed E-state index contributed by atoms with van der Waals surface area (Å²) < 4.78 is 0. The number of rotatable bonds is 4. The number of thiophene rings is 1. The van der Waals surface area contributed by atoms with Crippen molar-refractivity contribution in [3.05, 3.63) is 76.9 Å². The van der Waals surface area contributed by atoms with Crippen LogP contribution in [0.1, 0.15) is 29.5 Å². The Labute approximate surface area is 182 Å². The summed E-state index contributed by atoms with van der Waals surface area (Å²) in [6.45, 7) is 6.47. The molecular weight excluding hydrogens is 386 g/mol. The molecule has 0 amide bonds. The van der Waals surface area contributed by atoms with Crippen LogP contribution in [0.2, 0.25) is 0 Å². The number of fused-ring (bicyclic) bond motifs is 1. The van der Waals surface area contributed by atoms with Crippen LogP contribution >= 0.6 is 11.3 Å². The molecule has 152 valence electrons. The van der Waals surface area contributed by atoms with Gasteiger partial charge in [0.05, 0.1) is 5.39 Å². The highest BCUT2D eigenvalue weighted by Crippen LogP contribution is 2.39. The third-order valence-corrected chi connectivity index (χ3v) is 7.34. The second kappa shape index (κ2) is 8.19. The number of benzene rings is 2. The van der Waals surface area contributed by atoms with Gasteiger partial charge in [-0.25, -0.2) is 9.97 Å². The number of piperidine rings is 1. The third kappa shape index (κ3) is 3.72. The zero-order valence-corrected chi connectivity index (χ0v) is 18.5. The summed E-state index contributed by atoms with van der Waals surface area (Å²) in [5, 5.41) is 3.46. The normalized spacial score (nSPS) is 15.1. The van der Waals surface area contributed by atoms with Gasteiger partial charge in [0.15, 0.2) is 0 Å². The van der Waals surface area contributed by atoms with Crippen molar-refractivity contribution in [1.82, 2.24) is 9.97 Å². The molecule has 4 aromatic rings. The predicted molar refractivity (Wildman–Crippen MR) is 127 cm³/mol. The van der Waals surface area contributed by atoms with E-state index in [-0.39, 0.29) is 0 Å². The fourth-order valence-corrected chi connectivity index (χ4v) is 5.43. The first-order valence-corrected chi connectivity index (χ1v) is 11.7. The zero-order valence-electron chi connectivity index (χ0n) is 17.6. The lowest BCUT2D eigenvalue weighted by molar-refractivity contribution is 0.403. The Morgan fingerprint density at radius 2 is 1.77 bits per heavy atom. The van der Waals surface area contributed by atoms with Gasteiger partial charge in [0.2, 0.25) is 0 Å². The molecule has 2 aromatic heterocycles. The molecular formula is C26H27N3S. The number of nitrogens with zero attached hydrogens (tertiary/aromatic N) is 3. The maximum absolute atomic E-state index is 4.76. The molecule has 3 nitrogen and oxygen atoms in total. The minimum absolute atomic E-state index is 0.752. The van der Waals surface area contributed by atoms with Crippen LogP contribution in [0.25, 0.3) is 21.3 Å². The summed E-state index contributed by atoms with van der Waals surface area (Å²) in [5.74, 6) is 1.86. The fourth-order valence-electron chi connectivity index (χ4n) is 4.52. The SMILES string of the molecule is Cc1ccc(-c2csc3ncnc(N4CCC(Cc5ccccc5)CC4)c23)cc1C. The van der Waals surface area contributed by atoms with Crippen LogP contribution in [-0.2, 0) is 6.42 Å². The van der Waals surface area contributed by atoms with Crippen LogP contribution in [0.15, 0.2) is 60.2 Å². The maximum Gasteiger partial charge on any atom is 0.141 e. The van der Waals surface area contributed by atoms with Crippen LogP contribution in [0.5, 0.6) is 0 Å². The van der Waals surface area contributed by atoms with Crippen molar-refractivity contribution in [2.24, 2.45) is 5.92 Å². The van der Waals surface area contributed by atoms with Crippen LogP contribution in [0.4, 0.5) is 5.82 Å². The first-order chi connectivity index (χ1) is 14.7. The second-order valence-corrected chi connectivity index (χ2v) is 9.30. The number of anilines is 1. The molecule has 30 heavy (non-hydrogen) atoms. The molecule has 2 aromatic carbocycles. The van der Waals surface area contributed by atoms with E-state index in [0.29, 0.717) is 0 Å². The Balaban J connectivity index is 1.41. The highest BCUT2D eigenvalue weighted by atomic mass is 32.1. The van der Waals surface area contributed by atoms with E-state index < -0.39 is 0 Å². The molecule has 0 unspecified atom stereocenters. The summed E-state index contributed by atoms with van der Waals surface area (Å²) in [7, 11) is 0. The highest BCUT2D eigenvalue weighted by Gasteiger charge is 2.24. The molecule has 0 aliphatic carbocycles. The average molecular weight is 414 g/mol. The van der Waals surface area contributed by atoms with E-state index in [1.165, 1.54) is 52.5 Å².